The molecule has 0 spiro atoms. The number of halogens is 1. The molecule has 2 aromatic carbocycles. The fraction of sp³-hybridized carbons (Fsp3) is 0.370. The molecular formula is C27H33FN2O5. The van der Waals surface area contributed by atoms with Crippen LogP contribution in [0.25, 0.3) is 6.08 Å². The molecule has 35 heavy (non-hydrogen) atoms. The molecule has 0 saturated carbocycles. The number of esters is 1. The Bertz CT molecular complexity index is 1050. The lowest BCUT2D eigenvalue weighted by Crippen LogP contribution is -2.45. The van der Waals surface area contributed by atoms with E-state index in [-0.39, 0.29) is 18.9 Å². The summed E-state index contributed by atoms with van der Waals surface area (Å²) in [5, 5.41) is 2.59. The Morgan fingerprint density at radius 3 is 2.29 bits per heavy atom. The summed E-state index contributed by atoms with van der Waals surface area (Å²) in [6, 6.07) is 13.2. The molecule has 0 heterocycles. The van der Waals surface area contributed by atoms with Gasteiger partial charge in [-0.15, -0.1) is 0 Å². The highest BCUT2D eigenvalue weighted by atomic mass is 19.1. The predicted octanol–water partition coefficient (Wildman–Crippen LogP) is 4.44. The molecule has 1 N–H and O–H groups in total. The number of hydrogen-bond acceptors (Lipinski definition) is 5. The highest BCUT2D eigenvalue weighted by Gasteiger charge is 2.26. The van der Waals surface area contributed by atoms with Crippen LogP contribution in [0.4, 0.5) is 9.18 Å². The Kier molecular flexibility index (Phi) is 9.99. The van der Waals surface area contributed by atoms with Gasteiger partial charge in [0.15, 0.2) is 0 Å². The number of rotatable bonds is 9. The first-order chi connectivity index (χ1) is 16.5. The molecule has 0 fully saturated rings. The second-order valence-corrected chi connectivity index (χ2v) is 9.19. The zero-order valence-corrected chi connectivity index (χ0v) is 20.8. The molecule has 7 nitrogen and oxygen atoms in total. The average Bonchev–Trinajstić information content (AvgIpc) is 2.79. The van der Waals surface area contributed by atoms with Crippen LogP contribution in [-0.4, -0.2) is 48.6 Å². The number of carbonyl (C=O) groups excluding carboxylic acids is 3. The third-order valence-corrected chi connectivity index (χ3v) is 4.89. The maximum absolute atomic E-state index is 13.6. The van der Waals surface area contributed by atoms with Gasteiger partial charge in [-0.25, -0.2) is 14.0 Å². The lowest BCUT2D eigenvalue weighted by Gasteiger charge is -2.23. The zero-order valence-electron chi connectivity index (χ0n) is 20.8. The van der Waals surface area contributed by atoms with Gasteiger partial charge in [0.1, 0.15) is 24.9 Å². The van der Waals surface area contributed by atoms with Gasteiger partial charge in [-0.05, 0) is 49.1 Å². The van der Waals surface area contributed by atoms with E-state index in [4.69, 9.17) is 9.47 Å². The smallest absolute Gasteiger partial charge is 0.408 e. The van der Waals surface area contributed by atoms with Crippen LogP contribution < -0.4 is 5.32 Å². The van der Waals surface area contributed by atoms with Gasteiger partial charge in [0.05, 0.1) is 0 Å². The van der Waals surface area contributed by atoms with E-state index in [1.165, 1.54) is 17.1 Å². The van der Waals surface area contributed by atoms with Gasteiger partial charge in [-0.1, -0.05) is 48.5 Å². The van der Waals surface area contributed by atoms with Gasteiger partial charge in [0, 0.05) is 26.6 Å². The highest BCUT2D eigenvalue weighted by Crippen LogP contribution is 2.20. The Morgan fingerprint density at radius 2 is 1.69 bits per heavy atom. The van der Waals surface area contributed by atoms with Gasteiger partial charge in [0.2, 0.25) is 5.91 Å². The van der Waals surface area contributed by atoms with Crippen LogP contribution in [0.15, 0.2) is 54.6 Å². The standard InChI is InChI=1S/C27H33FN2O5/c1-27(2,3)35-26(33)29-23(16-19-10-7-6-8-11-19)25(32)34-18-21-13-9-12-20(17-28)22(21)14-15-24(31)30(4)5/h6-15,23H,16-18H2,1-5H3,(H,29,33)/b15-14+. The zero-order chi connectivity index (χ0) is 26.0. The lowest BCUT2D eigenvalue weighted by atomic mass is 10.0. The van der Waals surface area contributed by atoms with Crippen molar-refractivity contribution in [3.63, 3.8) is 0 Å². The van der Waals surface area contributed by atoms with Crippen molar-refractivity contribution in [2.24, 2.45) is 0 Å². The van der Waals surface area contributed by atoms with Crippen LogP contribution in [0.2, 0.25) is 0 Å². The van der Waals surface area contributed by atoms with Crippen molar-refractivity contribution >= 4 is 24.0 Å². The summed E-state index contributed by atoms with van der Waals surface area (Å²) < 4.78 is 24.4. The molecular weight excluding hydrogens is 451 g/mol. The molecule has 0 bridgehead atoms. The maximum atomic E-state index is 13.6. The molecule has 188 valence electrons. The molecule has 0 aliphatic carbocycles. The van der Waals surface area contributed by atoms with Crippen molar-refractivity contribution in [2.45, 2.75) is 52.1 Å². The van der Waals surface area contributed by atoms with E-state index >= 15 is 0 Å². The molecule has 0 aromatic heterocycles. The van der Waals surface area contributed by atoms with Crippen molar-refractivity contribution in [3.8, 4) is 0 Å². The van der Waals surface area contributed by atoms with E-state index < -0.39 is 30.4 Å². The number of ether oxygens (including phenoxy) is 2. The third-order valence-electron chi connectivity index (χ3n) is 4.89. The third kappa shape index (κ3) is 9.23. The van der Waals surface area contributed by atoms with Gasteiger partial charge < -0.3 is 19.7 Å². The SMILES string of the molecule is CN(C)C(=O)/C=C/c1c(CF)cccc1COC(=O)C(Cc1ccccc1)NC(=O)OC(C)(C)C. The maximum Gasteiger partial charge on any atom is 0.408 e. The van der Waals surface area contributed by atoms with Gasteiger partial charge >= 0.3 is 12.1 Å². The largest absolute Gasteiger partial charge is 0.459 e. The molecule has 2 aromatic rings. The summed E-state index contributed by atoms with van der Waals surface area (Å²) in [5.41, 5.74) is 1.47. The summed E-state index contributed by atoms with van der Waals surface area (Å²) in [6.45, 7) is 4.28. The second kappa shape index (κ2) is 12.7. The van der Waals surface area contributed by atoms with Gasteiger partial charge in [-0.3, -0.25) is 4.79 Å². The Morgan fingerprint density at radius 1 is 1.03 bits per heavy atom. The summed E-state index contributed by atoms with van der Waals surface area (Å²) in [5.74, 6) is -0.921. The molecule has 8 heteroatoms. The summed E-state index contributed by atoms with van der Waals surface area (Å²) in [6.07, 6.45) is 2.32. The number of benzene rings is 2. The van der Waals surface area contributed by atoms with Crippen molar-refractivity contribution in [2.75, 3.05) is 14.1 Å². The quantitative estimate of drug-likeness (QED) is 0.420. The Balaban J connectivity index is 2.21. The Hall–Kier alpha value is -3.68. The van der Waals surface area contributed by atoms with Crippen LogP contribution in [0, 0.1) is 0 Å². The van der Waals surface area contributed by atoms with Crippen LogP contribution in [0.3, 0.4) is 0 Å². The molecule has 2 rings (SSSR count). The number of likely N-dealkylation sites (N-methyl/N-ethyl adjacent to an activating group) is 1. The number of amides is 2. The molecule has 2 amide bonds. The molecule has 1 unspecified atom stereocenters. The lowest BCUT2D eigenvalue weighted by molar-refractivity contribution is -0.147. The van der Waals surface area contributed by atoms with Crippen molar-refractivity contribution in [1.29, 1.82) is 0 Å². The number of alkyl halides is 1. The van der Waals surface area contributed by atoms with E-state index in [1.54, 1.807) is 53.1 Å². The first-order valence-electron chi connectivity index (χ1n) is 11.3. The van der Waals surface area contributed by atoms with E-state index in [1.807, 2.05) is 30.3 Å². The minimum Gasteiger partial charge on any atom is -0.459 e. The van der Waals surface area contributed by atoms with Gasteiger partial charge in [0.25, 0.3) is 0 Å². The summed E-state index contributed by atoms with van der Waals surface area (Å²) in [7, 11) is 3.22. The fourth-order valence-corrected chi connectivity index (χ4v) is 3.17. The van der Waals surface area contributed by atoms with Crippen LogP contribution in [-0.2, 0) is 38.8 Å². The number of nitrogens with one attached hydrogen (secondary N) is 1. The summed E-state index contributed by atoms with van der Waals surface area (Å²) >= 11 is 0. The number of hydrogen-bond donors (Lipinski definition) is 1. The van der Waals surface area contributed by atoms with Crippen LogP contribution in [0.1, 0.15) is 43.0 Å². The van der Waals surface area contributed by atoms with E-state index in [0.29, 0.717) is 16.7 Å². The molecule has 1 atom stereocenters. The highest BCUT2D eigenvalue weighted by molar-refractivity contribution is 5.91. The predicted molar refractivity (Wildman–Crippen MR) is 132 cm³/mol. The van der Waals surface area contributed by atoms with E-state index in [2.05, 4.69) is 5.32 Å². The molecule has 0 radical (unpaired) electrons. The summed E-state index contributed by atoms with van der Waals surface area (Å²) in [4.78, 5) is 38.7. The van der Waals surface area contributed by atoms with E-state index in [9.17, 15) is 18.8 Å². The molecule has 0 saturated heterocycles. The van der Waals surface area contributed by atoms with Gasteiger partial charge in [-0.2, -0.15) is 0 Å². The minimum atomic E-state index is -0.995. The molecule has 0 aliphatic rings. The van der Waals surface area contributed by atoms with Crippen molar-refractivity contribution in [3.05, 3.63) is 76.9 Å². The van der Waals surface area contributed by atoms with E-state index in [0.717, 1.165) is 5.56 Å². The molecule has 0 aliphatic heterocycles. The second-order valence-electron chi connectivity index (χ2n) is 9.19. The first-order valence-corrected chi connectivity index (χ1v) is 11.3. The fourth-order valence-electron chi connectivity index (χ4n) is 3.17. The Labute approximate surface area is 205 Å². The van der Waals surface area contributed by atoms with Crippen LogP contribution in [0.5, 0.6) is 0 Å². The van der Waals surface area contributed by atoms with Crippen LogP contribution >= 0.6 is 0 Å². The number of carbonyl (C=O) groups is 3. The monoisotopic (exact) mass is 484 g/mol. The topological polar surface area (TPSA) is 84.9 Å². The minimum absolute atomic E-state index is 0.163. The number of nitrogens with zero attached hydrogens (tertiary/aromatic N) is 1. The first kappa shape index (κ1) is 27.6. The number of alkyl carbamates (subject to hydrolysis) is 1. The van der Waals surface area contributed by atoms with Crippen molar-refractivity contribution in [1.82, 2.24) is 10.2 Å². The van der Waals surface area contributed by atoms with Crippen molar-refractivity contribution < 1.29 is 28.2 Å². The normalized spacial score (nSPS) is 12.2. The average molecular weight is 485 g/mol.